The lowest BCUT2D eigenvalue weighted by atomic mass is 10.2. The van der Waals surface area contributed by atoms with Gasteiger partial charge in [-0.2, -0.15) is 0 Å². The van der Waals surface area contributed by atoms with Crippen LogP contribution in [0, 0.1) is 0 Å². The van der Waals surface area contributed by atoms with Gasteiger partial charge in [0.15, 0.2) is 0 Å². The standard InChI is InChI=1S/C7H11NO.C2H6/c1-9-6-7-3-2-4-8-5-7;1-2/h3,5H,2,4,6H2,1H3;1-2H3. The van der Waals surface area contributed by atoms with E-state index in [-0.39, 0.29) is 0 Å². The third-order valence-corrected chi connectivity index (χ3v) is 1.23. The quantitative estimate of drug-likeness (QED) is 0.598. The molecule has 0 aromatic rings. The maximum atomic E-state index is 4.92. The Balaban J connectivity index is 0.000000461. The van der Waals surface area contributed by atoms with Gasteiger partial charge < -0.3 is 4.74 Å². The number of nitrogens with zero attached hydrogens (tertiary/aromatic N) is 1. The third-order valence-electron chi connectivity index (χ3n) is 1.23. The summed E-state index contributed by atoms with van der Waals surface area (Å²) in [5, 5.41) is 0. The van der Waals surface area contributed by atoms with E-state index in [1.54, 1.807) is 7.11 Å². The molecule has 0 saturated carbocycles. The first-order valence-electron chi connectivity index (χ1n) is 4.11. The van der Waals surface area contributed by atoms with Crippen molar-refractivity contribution in [3.05, 3.63) is 11.6 Å². The molecule has 0 aromatic heterocycles. The lowest BCUT2D eigenvalue weighted by molar-refractivity contribution is 0.229. The molecule has 11 heavy (non-hydrogen) atoms. The van der Waals surface area contributed by atoms with E-state index in [9.17, 15) is 0 Å². The smallest absolute Gasteiger partial charge is 0.0724 e. The van der Waals surface area contributed by atoms with E-state index in [1.807, 2.05) is 20.1 Å². The number of hydrogen-bond acceptors (Lipinski definition) is 2. The normalized spacial score (nSPS) is 15.0. The molecule has 0 aromatic carbocycles. The zero-order chi connectivity index (χ0) is 8.53. The van der Waals surface area contributed by atoms with Crippen molar-refractivity contribution >= 4 is 6.21 Å². The van der Waals surface area contributed by atoms with Crippen LogP contribution in [0.3, 0.4) is 0 Å². The van der Waals surface area contributed by atoms with Crippen molar-refractivity contribution < 1.29 is 4.74 Å². The van der Waals surface area contributed by atoms with Gasteiger partial charge in [-0.15, -0.1) is 0 Å². The molecule has 1 aliphatic rings. The van der Waals surface area contributed by atoms with Crippen molar-refractivity contribution in [3.63, 3.8) is 0 Å². The van der Waals surface area contributed by atoms with Gasteiger partial charge in [0, 0.05) is 19.9 Å². The monoisotopic (exact) mass is 155 g/mol. The summed E-state index contributed by atoms with van der Waals surface area (Å²) in [6.45, 7) is 5.64. The third kappa shape index (κ3) is 4.73. The molecule has 0 N–H and O–H groups in total. The molecule has 0 fully saturated rings. The number of methoxy groups -OCH3 is 1. The maximum absolute atomic E-state index is 4.92. The van der Waals surface area contributed by atoms with E-state index in [1.165, 1.54) is 5.57 Å². The SMILES string of the molecule is CC.COCC1=CCCN=C1. The highest BCUT2D eigenvalue weighted by Crippen LogP contribution is 1.99. The summed E-state index contributed by atoms with van der Waals surface area (Å²) in [7, 11) is 1.70. The molecule has 1 rings (SSSR count). The van der Waals surface area contributed by atoms with E-state index in [0.717, 1.165) is 13.0 Å². The molecule has 0 unspecified atom stereocenters. The second-order valence-corrected chi connectivity index (χ2v) is 2.04. The van der Waals surface area contributed by atoms with E-state index in [4.69, 9.17) is 4.74 Å². The molecular formula is C9H17NO. The van der Waals surface area contributed by atoms with Crippen molar-refractivity contribution in [1.29, 1.82) is 0 Å². The Morgan fingerprint density at radius 3 is 2.73 bits per heavy atom. The van der Waals surface area contributed by atoms with E-state index < -0.39 is 0 Å². The molecule has 0 aliphatic carbocycles. The van der Waals surface area contributed by atoms with Crippen molar-refractivity contribution in [2.75, 3.05) is 20.3 Å². The fourth-order valence-electron chi connectivity index (χ4n) is 0.822. The Hall–Kier alpha value is -0.630. The van der Waals surface area contributed by atoms with Gasteiger partial charge in [0.05, 0.1) is 6.61 Å². The van der Waals surface area contributed by atoms with Gasteiger partial charge in [0.1, 0.15) is 0 Å². The van der Waals surface area contributed by atoms with Crippen LogP contribution in [0.4, 0.5) is 0 Å². The van der Waals surface area contributed by atoms with Crippen LogP contribution in [0.25, 0.3) is 0 Å². The van der Waals surface area contributed by atoms with E-state index in [0.29, 0.717) is 6.61 Å². The van der Waals surface area contributed by atoms with Crippen LogP contribution in [0.5, 0.6) is 0 Å². The Morgan fingerprint density at radius 1 is 1.55 bits per heavy atom. The van der Waals surface area contributed by atoms with Gasteiger partial charge >= 0.3 is 0 Å². The van der Waals surface area contributed by atoms with Gasteiger partial charge in [-0.05, 0) is 12.0 Å². The first kappa shape index (κ1) is 10.4. The molecule has 64 valence electrons. The highest BCUT2D eigenvalue weighted by Gasteiger charge is 1.94. The molecule has 1 heterocycles. The Labute approximate surface area is 69.0 Å². The summed E-state index contributed by atoms with van der Waals surface area (Å²) in [6.07, 6.45) is 5.11. The molecule has 2 nitrogen and oxygen atoms in total. The maximum Gasteiger partial charge on any atom is 0.0724 e. The highest BCUT2D eigenvalue weighted by atomic mass is 16.5. The minimum absolute atomic E-state index is 0.698. The van der Waals surface area contributed by atoms with Crippen molar-refractivity contribution in [1.82, 2.24) is 0 Å². The van der Waals surface area contributed by atoms with Crippen LogP contribution >= 0.6 is 0 Å². The molecule has 2 heteroatoms. The Bertz CT molecular complexity index is 138. The van der Waals surface area contributed by atoms with Crippen LogP contribution in [0.2, 0.25) is 0 Å². The Morgan fingerprint density at radius 2 is 2.27 bits per heavy atom. The molecule has 0 spiro atoms. The van der Waals surface area contributed by atoms with Crippen LogP contribution < -0.4 is 0 Å². The molecular weight excluding hydrogens is 138 g/mol. The second-order valence-electron chi connectivity index (χ2n) is 2.04. The average Bonchev–Trinajstić information content (AvgIpc) is 2.11. The van der Waals surface area contributed by atoms with Gasteiger partial charge in [0.2, 0.25) is 0 Å². The summed E-state index contributed by atoms with van der Waals surface area (Å²) in [5.41, 5.74) is 1.20. The fraction of sp³-hybridized carbons (Fsp3) is 0.667. The minimum Gasteiger partial charge on any atom is -0.380 e. The topological polar surface area (TPSA) is 21.6 Å². The predicted octanol–water partition coefficient (Wildman–Crippen LogP) is 2.06. The molecule has 1 aliphatic heterocycles. The summed E-state index contributed by atoms with van der Waals surface area (Å²) in [5.74, 6) is 0. The molecule has 0 bridgehead atoms. The Kier molecular flexibility index (Phi) is 7.05. The molecule has 0 radical (unpaired) electrons. The molecule has 0 saturated heterocycles. The van der Waals surface area contributed by atoms with Gasteiger partial charge in [-0.1, -0.05) is 19.9 Å². The first-order chi connectivity index (χ1) is 5.43. The number of hydrogen-bond donors (Lipinski definition) is 0. The van der Waals surface area contributed by atoms with Crippen molar-refractivity contribution in [2.24, 2.45) is 4.99 Å². The number of aliphatic imine (C=N–C) groups is 1. The van der Waals surface area contributed by atoms with Gasteiger partial charge in [-0.3, -0.25) is 4.99 Å². The predicted molar refractivity (Wildman–Crippen MR) is 49.3 cm³/mol. The lowest BCUT2D eigenvalue weighted by Crippen LogP contribution is -2.00. The summed E-state index contributed by atoms with van der Waals surface area (Å²) in [4.78, 5) is 4.10. The van der Waals surface area contributed by atoms with Crippen LogP contribution in [-0.4, -0.2) is 26.5 Å². The second kappa shape index (κ2) is 7.48. The van der Waals surface area contributed by atoms with E-state index >= 15 is 0 Å². The number of rotatable bonds is 2. The van der Waals surface area contributed by atoms with Crippen LogP contribution in [0.15, 0.2) is 16.6 Å². The van der Waals surface area contributed by atoms with Gasteiger partial charge in [0.25, 0.3) is 0 Å². The molecule has 0 atom stereocenters. The van der Waals surface area contributed by atoms with Crippen molar-refractivity contribution in [2.45, 2.75) is 20.3 Å². The van der Waals surface area contributed by atoms with E-state index in [2.05, 4.69) is 11.1 Å². The zero-order valence-corrected chi connectivity index (χ0v) is 7.63. The zero-order valence-electron chi connectivity index (χ0n) is 7.63. The highest BCUT2D eigenvalue weighted by molar-refractivity contribution is 5.79. The number of dihydropyridines is 1. The number of ether oxygens (including phenoxy) is 1. The largest absolute Gasteiger partial charge is 0.380 e. The van der Waals surface area contributed by atoms with Crippen LogP contribution in [-0.2, 0) is 4.74 Å². The average molecular weight is 155 g/mol. The lowest BCUT2D eigenvalue weighted by Gasteiger charge is -2.03. The van der Waals surface area contributed by atoms with Gasteiger partial charge in [-0.25, -0.2) is 0 Å². The minimum atomic E-state index is 0.698. The van der Waals surface area contributed by atoms with Crippen LogP contribution in [0.1, 0.15) is 20.3 Å². The summed E-state index contributed by atoms with van der Waals surface area (Å²) >= 11 is 0. The fourth-order valence-corrected chi connectivity index (χ4v) is 0.822. The summed E-state index contributed by atoms with van der Waals surface area (Å²) < 4.78 is 4.92. The first-order valence-corrected chi connectivity index (χ1v) is 4.11. The van der Waals surface area contributed by atoms with Crippen molar-refractivity contribution in [3.8, 4) is 0 Å². The summed E-state index contributed by atoms with van der Waals surface area (Å²) in [6, 6.07) is 0. The molecule has 0 amide bonds.